The Morgan fingerprint density at radius 2 is 2.00 bits per heavy atom. The number of benzene rings is 1. The van der Waals surface area contributed by atoms with Gasteiger partial charge >= 0.3 is 5.97 Å². The molecule has 1 aromatic carbocycles. The standard InChI is InChI=1S/C11H11ClO2S/c1-8(11(13)14-2)7-15-10-5-3-9(12)4-6-10/h3-7H,1-2H3/b8-7+. The molecule has 80 valence electrons. The number of carbonyl (C=O) groups is 1. The fourth-order valence-electron chi connectivity index (χ4n) is 0.879. The lowest BCUT2D eigenvalue weighted by Gasteiger charge is -1.99. The van der Waals surface area contributed by atoms with E-state index in [9.17, 15) is 4.79 Å². The summed E-state index contributed by atoms with van der Waals surface area (Å²) in [6.07, 6.45) is 0. The summed E-state index contributed by atoms with van der Waals surface area (Å²) < 4.78 is 4.58. The Balaban J connectivity index is 2.63. The van der Waals surface area contributed by atoms with Crippen molar-refractivity contribution in [2.45, 2.75) is 11.8 Å². The molecule has 0 aliphatic rings. The van der Waals surface area contributed by atoms with Gasteiger partial charge in [0, 0.05) is 15.5 Å². The lowest BCUT2D eigenvalue weighted by Crippen LogP contribution is -2.00. The molecule has 0 bridgehead atoms. The zero-order valence-electron chi connectivity index (χ0n) is 8.49. The zero-order chi connectivity index (χ0) is 11.3. The molecule has 0 saturated carbocycles. The number of hydrogen-bond donors (Lipinski definition) is 0. The number of carbonyl (C=O) groups excluding carboxylic acids is 1. The highest BCUT2D eigenvalue weighted by Gasteiger charge is 2.02. The quantitative estimate of drug-likeness (QED) is 0.461. The van der Waals surface area contributed by atoms with Gasteiger partial charge < -0.3 is 4.74 Å². The summed E-state index contributed by atoms with van der Waals surface area (Å²) in [7, 11) is 1.37. The lowest BCUT2D eigenvalue weighted by molar-refractivity contribution is -0.136. The van der Waals surface area contributed by atoms with Crippen molar-refractivity contribution in [1.29, 1.82) is 0 Å². The number of hydrogen-bond acceptors (Lipinski definition) is 3. The summed E-state index contributed by atoms with van der Waals surface area (Å²) in [5.41, 5.74) is 0.581. The van der Waals surface area contributed by atoms with Gasteiger partial charge in [-0.1, -0.05) is 23.4 Å². The van der Waals surface area contributed by atoms with Crippen LogP contribution in [0.2, 0.25) is 5.02 Å². The van der Waals surface area contributed by atoms with Gasteiger partial charge in [-0.05, 0) is 36.6 Å². The minimum Gasteiger partial charge on any atom is -0.466 e. The fourth-order valence-corrected chi connectivity index (χ4v) is 1.71. The number of halogens is 1. The summed E-state index contributed by atoms with van der Waals surface area (Å²) in [6.45, 7) is 1.72. The maximum atomic E-state index is 11.1. The summed E-state index contributed by atoms with van der Waals surface area (Å²) in [6, 6.07) is 7.42. The second-order valence-electron chi connectivity index (χ2n) is 2.86. The first-order valence-corrected chi connectivity index (χ1v) is 5.56. The second kappa shape index (κ2) is 5.83. The Kier molecular flexibility index (Phi) is 4.72. The highest BCUT2D eigenvalue weighted by atomic mass is 35.5. The topological polar surface area (TPSA) is 26.3 Å². The van der Waals surface area contributed by atoms with Gasteiger partial charge in [0.1, 0.15) is 0 Å². The van der Waals surface area contributed by atoms with Gasteiger partial charge in [0.15, 0.2) is 0 Å². The van der Waals surface area contributed by atoms with Crippen LogP contribution in [-0.2, 0) is 9.53 Å². The first kappa shape index (κ1) is 12.1. The smallest absolute Gasteiger partial charge is 0.333 e. The molecule has 0 heterocycles. The Morgan fingerprint density at radius 1 is 1.40 bits per heavy atom. The Bertz CT molecular complexity index is 371. The van der Waals surface area contributed by atoms with E-state index in [-0.39, 0.29) is 5.97 Å². The van der Waals surface area contributed by atoms with Crippen LogP contribution in [0.5, 0.6) is 0 Å². The van der Waals surface area contributed by atoms with Crippen LogP contribution in [0.25, 0.3) is 0 Å². The van der Waals surface area contributed by atoms with Crippen molar-refractivity contribution >= 4 is 29.3 Å². The molecule has 0 aliphatic heterocycles. The molecule has 0 saturated heterocycles. The molecule has 1 rings (SSSR count). The predicted molar refractivity (Wildman–Crippen MR) is 63.1 cm³/mol. The van der Waals surface area contributed by atoms with Gasteiger partial charge in [0.2, 0.25) is 0 Å². The van der Waals surface area contributed by atoms with E-state index in [0.717, 1.165) is 4.90 Å². The van der Waals surface area contributed by atoms with Crippen LogP contribution in [0, 0.1) is 0 Å². The number of esters is 1. The molecule has 0 radical (unpaired) electrons. The number of methoxy groups -OCH3 is 1. The van der Waals surface area contributed by atoms with Crippen LogP contribution in [-0.4, -0.2) is 13.1 Å². The van der Waals surface area contributed by atoms with Crippen LogP contribution in [0.15, 0.2) is 40.1 Å². The molecule has 0 N–H and O–H groups in total. The third kappa shape index (κ3) is 3.98. The molecule has 0 fully saturated rings. The molecule has 4 heteroatoms. The predicted octanol–water partition coefficient (Wildman–Crippen LogP) is 3.51. The van der Waals surface area contributed by atoms with Gasteiger partial charge in [0.25, 0.3) is 0 Å². The molecule has 0 aliphatic carbocycles. The molecule has 0 amide bonds. The van der Waals surface area contributed by atoms with E-state index in [0.29, 0.717) is 10.6 Å². The van der Waals surface area contributed by atoms with E-state index < -0.39 is 0 Å². The van der Waals surface area contributed by atoms with Gasteiger partial charge in [-0.15, -0.1) is 0 Å². The summed E-state index contributed by atoms with van der Waals surface area (Å²) in [5.74, 6) is -0.309. The monoisotopic (exact) mass is 242 g/mol. The maximum absolute atomic E-state index is 11.1. The van der Waals surface area contributed by atoms with Crippen LogP contribution in [0.3, 0.4) is 0 Å². The van der Waals surface area contributed by atoms with Crippen LogP contribution in [0.4, 0.5) is 0 Å². The molecular weight excluding hydrogens is 232 g/mol. The molecule has 2 nitrogen and oxygen atoms in total. The van der Waals surface area contributed by atoms with E-state index in [1.807, 2.05) is 24.3 Å². The molecule has 0 atom stereocenters. The van der Waals surface area contributed by atoms with Crippen molar-refractivity contribution in [3.8, 4) is 0 Å². The van der Waals surface area contributed by atoms with Gasteiger partial charge in [0.05, 0.1) is 7.11 Å². The Hall–Kier alpha value is -0.930. The summed E-state index contributed by atoms with van der Waals surface area (Å²) in [5, 5.41) is 2.46. The van der Waals surface area contributed by atoms with E-state index in [1.54, 1.807) is 12.3 Å². The summed E-state index contributed by atoms with van der Waals surface area (Å²) in [4.78, 5) is 12.1. The minimum atomic E-state index is -0.309. The van der Waals surface area contributed by atoms with Crippen molar-refractivity contribution in [1.82, 2.24) is 0 Å². The Morgan fingerprint density at radius 3 is 2.53 bits per heavy atom. The highest BCUT2D eigenvalue weighted by Crippen LogP contribution is 2.22. The van der Waals surface area contributed by atoms with Crippen LogP contribution < -0.4 is 0 Å². The van der Waals surface area contributed by atoms with Crippen molar-refractivity contribution in [2.24, 2.45) is 0 Å². The fraction of sp³-hybridized carbons (Fsp3) is 0.182. The third-order valence-electron chi connectivity index (χ3n) is 1.69. The average Bonchev–Trinajstić information content (AvgIpc) is 2.26. The second-order valence-corrected chi connectivity index (χ2v) is 4.24. The van der Waals surface area contributed by atoms with Gasteiger partial charge in [-0.25, -0.2) is 4.79 Å². The van der Waals surface area contributed by atoms with Gasteiger partial charge in [-0.2, -0.15) is 0 Å². The van der Waals surface area contributed by atoms with E-state index in [4.69, 9.17) is 11.6 Å². The molecule has 0 spiro atoms. The van der Waals surface area contributed by atoms with Crippen LogP contribution in [0.1, 0.15) is 6.92 Å². The zero-order valence-corrected chi connectivity index (χ0v) is 10.1. The van der Waals surface area contributed by atoms with E-state index in [2.05, 4.69) is 4.74 Å². The van der Waals surface area contributed by atoms with Crippen LogP contribution >= 0.6 is 23.4 Å². The number of ether oxygens (including phenoxy) is 1. The molecule has 0 unspecified atom stereocenters. The minimum absolute atomic E-state index is 0.309. The molecule has 0 aromatic heterocycles. The summed E-state index contributed by atoms with van der Waals surface area (Å²) >= 11 is 7.21. The Labute approximate surface area is 98.3 Å². The van der Waals surface area contributed by atoms with E-state index >= 15 is 0 Å². The van der Waals surface area contributed by atoms with Crippen molar-refractivity contribution < 1.29 is 9.53 Å². The first-order valence-electron chi connectivity index (χ1n) is 4.31. The number of thioether (sulfide) groups is 1. The SMILES string of the molecule is COC(=O)/C(C)=C/Sc1ccc(Cl)cc1. The molecular formula is C11H11ClO2S. The lowest BCUT2D eigenvalue weighted by atomic mass is 10.4. The highest BCUT2D eigenvalue weighted by molar-refractivity contribution is 8.02. The number of rotatable bonds is 3. The van der Waals surface area contributed by atoms with Crippen molar-refractivity contribution in [3.63, 3.8) is 0 Å². The van der Waals surface area contributed by atoms with E-state index in [1.165, 1.54) is 18.9 Å². The van der Waals surface area contributed by atoms with Crippen molar-refractivity contribution in [3.05, 3.63) is 40.3 Å². The largest absolute Gasteiger partial charge is 0.466 e. The molecule has 1 aromatic rings. The third-order valence-corrected chi connectivity index (χ3v) is 2.96. The molecule has 15 heavy (non-hydrogen) atoms. The maximum Gasteiger partial charge on any atom is 0.333 e. The first-order chi connectivity index (χ1) is 7.13. The van der Waals surface area contributed by atoms with Gasteiger partial charge in [-0.3, -0.25) is 0 Å². The normalized spacial score (nSPS) is 11.3. The average molecular weight is 243 g/mol. The van der Waals surface area contributed by atoms with Crippen molar-refractivity contribution in [2.75, 3.05) is 7.11 Å².